The van der Waals surface area contributed by atoms with Crippen LogP contribution in [0.3, 0.4) is 0 Å². The fourth-order valence-electron chi connectivity index (χ4n) is 3.55. The number of hydrogen-bond acceptors (Lipinski definition) is 4. The summed E-state index contributed by atoms with van der Waals surface area (Å²) >= 11 is 0. The van der Waals surface area contributed by atoms with Gasteiger partial charge >= 0.3 is 5.69 Å². The molecular weight excluding hydrogens is 330 g/mol. The van der Waals surface area contributed by atoms with Gasteiger partial charge in [0.1, 0.15) is 0 Å². The Morgan fingerprint density at radius 1 is 1.27 bits per heavy atom. The Hall–Kier alpha value is -3.09. The van der Waals surface area contributed by atoms with Crippen molar-refractivity contribution in [3.05, 3.63) is 63.3 Å². The predicted molar refractivity (Wildman–Crippen MR) is 102 cm³/mol. The maximum atomic E-state index is 13.0. The molecule has 4 rings (SSSR count). The zero-order valence-corrected chi connectivity index (χ0v) is 15.1. The first kappa shape index (κ1) is 16.4. The summed E-state index contributed by atoms with van der Waals surface area (Å²) < 4.78 is 4.59. The second-order valence-corrected chi connectivity index (χ2v) is 6.72. The summed E-state index contributed by atoms with van der Waals surface area (Å²) in [5.41, 5.74) is 2.37. The van der Waals surface area contributed by atoms with Crippen LogP contribution in [-0.4, -0.2) is 25.2 Å². The van der Waals surface area contributed by atoms with Gasteiger partial charge in [-0.05, 0) is 31.5 Å². The highest BCUT2D eigenvalue weighted by Crippen LogP contribution is 2.31. The number of benzene rings is 1. The Kier molecular flexibility index (Phi) is 3.61. The minimum atomic E-state index is -0.383. The van der Waals surface area contributed by atoms with Crippen LogP contribution in [0.25, 0.3) is 11.2 Å². The zero-order valence-electron chi connectivity index (χ0n) is 15.1. The van der Waals surface area contributed by atoms with E-state index in [1.54, 1.807) is 20.0 Å². The molecule has 3 aromatic rings. The topological polar surface area (TPSA) is 65.1 Å². The van der Waals surface area contributed by atoms with Crippen molar-refractivity contribution < 1.29 is 0 Å². The molecule has 1 atom stereocenters. The van der Waals surface area contributed by atoms with E-state index >= 15 is 0 Å². The normalized spacial score (nSPS) is 14.7. The molecule has 0 spiro atoms. The fourth-order valence-corrected chi connectivity index (χ4v) is 3.55. The SMILES string of the molecule is C=C[C@H](C)n1c(=O)c2c(nc3n2CCN3c2cccc(C)c2)n(C)c1=O. The number of rotatable bonds is 3. The average molecular weight is 351 g/mol. The Morgan fingerprint density at radius 2 is 2.04 bits per heavy atom. The molecule has 0 aliphatic carbocycles. The molecule has 1 aromatic carbocycles. The zero-order chi connectivity index (χ0) is 18.6. The van der Waals surface area contributed by atoms with Crippen LogP contribution in [0.15, 0.2) is 46.5 Å². The highest BCUT2D eigenvalue weighted by Gasteiger charge is 2.29. The molecule has 1 aliphatic rings. The Morgan fingerprint density at radius 3 is 2.73 bits per heavy atom. The molecule has 0 amide bonds. The third-order valence-corrected chi connectivity index (χ3v) is 5.01. The van der Waals surface area contributed by atoms with Gasteiger partial charge in [-0.1, -0.05) is 18.2 Å². The number of imidazole rings is 1. The summed E-state index contributed by atoms with van der Waals surface area (Å²) in [6.45, 7) is 8.92. The van der Waals surface area contributed by atoms with Crippen molar-refractivity contribution >= 4 is 22.8 Å². The molecule has 0 unspecified atom stereocenters. The molecule has 7 nitrogen and oxygen atoms in total. The molecule has 0 fully saturated rings. The van der Waals surface area contributed by atoms with Gasteiger partial charge in [0.05, 0.1) is 6.04 Å². The van der Waals surface area contributed by atoms with Gasteiger partial charge in [0.2, 0.25) is 5.95 Å². The first-order valence-corrected chi connectivity index (χ1v) is 8.62. The van der Waals surface area contributed by atoms with Crippen LogP contribution < -0.4 is 16.1 Å². The van der Waals surface area contributed by atoms with Gasteiger partial charge < -0.3 is 9.47 Å². The van der Waals surface area contributed by atoms with Crippen molar-refractivity contribution in [1.29, 1.82) is 0 Å². The number of aromatic nitrogens is 4. The first-order chi connectivity index (χ1) is 12.4. The molecule has 26 heavy (non-hydrogen) atoms. The van der Waals surface area contributed by atoms with E-state index in [1.165, 1.54) is 9.13 Å². The second kappa shape index (κ2) is 5.72. The smallest absolute Gasteiger partial charge is 0.310 e. The van der Waals surface area contributed by atoms with E-state index in [9.17, 15) is 9.59 Å². The Bertz CT molecular complexity index is 1150. The molecule has 0 bridgehead atoms. The largest absolute Gasteiger partial charge is 0.333 e. The Balaban J connectivity index is 2.00. The summed E-state index contributed by atoms with van der Waals surface area (Å²) in [7, 11) is 1.65. The van der Waals surface area contributed by atoms with Crippen molar-refractivity contribution in [2.45, 2.75) is 26.4 Å². The maximum absolute atomic E-state index is 13.0. The van der Waals surface area contributed by atoms with E-state index in [2.05, 4.69) is 22.5 Å². The predicted octanol–water partition coefficient (Wildman–Crippen LogP) is 2.10. The molecule has 0 saturated heterocycles. The molecular formula is C19H21N5O2. The van der Waals surface area contributed by atoms with E-state index in [1.807, 2.05) is 29.7 Å². The van der Waals surface area contributed by atoms with E-state index in [0.717, 1.165) is 17.8 Å². The summed E-state index contributed by atoms with van der Waals surface area (Å²) in [5, 5.41) is 0. The van der Waals surface area contributed by atoms with Gasteiger partial charge in [0, 0.05) is 25.8 Å². The minimum Gasteiger partial charge on any atom is -0.310 e. The molecule has 1 aliphatic heterocycles. The van der Waals surface area contributed by atoms with Gasteiger partial charge in [-0.2, -0.15) is 4.98 Å². The lowest BCUT2D eigenvalue weighted by molar-refractivity contribution is 0.572. The summed E-state index contributed by atoms with van der Waals surface area (Å²) in [4.78, 5) is 32.4. The van der Waals surface area contributed by atoms with Crippen molar-refractivity contribution in [2.24, 2.45) is 7.05 Å². The summed E-state index contributed by atoms with van der Waals surface area (Å²) in [6, 6.07) is 7.78. The van der Waals surface area contributed by atoms with Crippen LogP contribution in [-0.2, 0) is 13.6 Å². The number of hydrogen-bond donors (Lipinski definition) is 0. The minimum absolute atomic E-state index is 0.319. The van der Waals surface area contributed by atoms with E-state index in [0.29, 0.717) is 23.7 Å². The average Bonchev–Trinajstić information content (AvgIpc) is 3.18. The molecule has 7 heteroatoms. The summed E-state index contributed by atoms with van der Waals surface area (Å²) in [6.07, 6.45) is 1.59. The third kappa shape index (κ3) is 2.16. The van der Waals surface area contributed by atoms with Crippen molar-refractivity contribution in [3.63, 3.8) is 0 Å². The highest BCUT2D eigenvalue weighted by molar-refractivity contribution is 5.77. The second-order valence-electron chi connectivity index (χ2n) is 6.72. The molecule has 2 aromatic heterocycles. The highest BCUT2D eigenvalue weighted by atomic mass is 16.2. The third-order valence-electron chi connectivity index (χ3n) is 5.01. The fraction of sp³-hybridized carbons (Fsp3) is 0.316. The van der Waals surface area contributed by atoms with E-state index < -0.39 is 0 Å². The monoisotopic (exact) mass is 351 g/mol. The maximum Gasteiger partial charge on any atom is 0.333 e. The standard InChI is InChI=1S/C19H21N5O2/c1-5-13(3)24-17(25)15-16(21(4)19(24)26)20-18-22(9-10-23(15)18)14-8-6-7-12(2)11-14/h5-8,11,13H,1,9-10H2,2-4H3/t13-/m0/s1. The lowest BCUT2D eigenvalue weighted by Crippen LogP contribution is -2.40. The van der Waals surface area contributed by atoms with Gasteiger partial charge in [-0.3, -0.25) is 13.9 Å². The number of nitrogens with zero attached hydrogens (tertiary/aromatic N) is 5. The number of fused-ring (bicyclic) bond motifs is 3. The van der Waals surface area contributed by atoms with Crippen molar-refractivity contribution in [3.8, 4) is 0 Å². The van der Waals surface area contributed by atoms with Crippen LogP contribution >= 0.6 is 0 Å². The van der Waals surface area contributed by atoms with Crippen LogP contribution in [0.5, 0.6) is 0 Å². The van der Waals surface area contributed by atoms with Crippen LogP contribution in [0.2, 0.25) is 0 Å². The molecule has 3 heterocycles. The number of allylic oxidation sites excluding steroid dienone is 1. The lowest BCUT2D eigenvalue weighted by Gasteiger charge is -2.16. The lowest BCUT2D eigenvalue weighted by atomic mass is 10.2. The van der Waals surface area contributed by atoms with Gasteiger partial charge in [0.15, 0.2) is 11.2 Å². The number of anilines is 2. The quantitative estimate of drug-likeness (QED) is 0.678. The summed E-state index contributed by atoms with van der Waals surface area (Å²) in [5.74, 6) is 0.696. The molecule has 134 valence electrons. The van der Waals surface area contributed by atoms with Crippen LogP contribution in [0, 0.1) is 6.92 Å². The van der Waals surface area contributed by atoms with Gasteiger partial charge in [-0.25, -0.2) is 4.79 Å². The van der Waals surface area contributed by atoms with E-state index in [-0.39, 0.29) is 17.3 Å². The first-order valence-electron chi connectivity index (χ1n) is 8.62. The number of aryl methyl sites for hydroxylation is 2. The molecule has 0 radical (unpaired) electrons. The Labute approximate surface area is 150 Å². The van der Waals surface area contributed by atoms with Gasteiger partial charge in [0.25, 0.3) is 5.56 Å². The van der Waals surface area contributed by atoms with Crippen LogP contribution in [0.4, 0.5) is 11.6 Å². The van der Waals surface area contributed by atoms with Crippen molar-refractivity contribution in [2.75, 3.05) is 11.4 Å². The van der Waals surface area contributed by atoms with Crippen LogP contribution in [0.1, 0.15) is 18.5 Å². The van der Waals surface area contributed by atoms with Crippen molar-refractivity contribution in [1.82, 2.24) is 18.7 Å². The molecule has 0 N–H and O–H groups in total. The van der Waals surface area contributed by atoms with E-state index in [4.69, 9.17) is 0 Å². The molecule has 0 saturated carbocycles. The van der Waals surface area contributed by atoms with Gasteiger partial charge in [-0.15, -0.1) is 6.58 Å².